The van der Waals surface area contributed by atoms with Crippen LogP contribution in [0, 0.1) is 0 Å². The molecule has 3 rings (SSSR count). The number of aromatic nitrogens is 5. The van der Waals surface area contributed by atoms with Gasteiger partial charge in [0.25, 0.3) is 0 Å². The van der Waals surface area contributed by atoms with Crippen LogP contribution in [0.15, 0.2) is 28.9 Å². The first-order valence-corrected chi connectivity index (χ1v) is 7.95. The highest BCUT2D eigenvalue weighted by Gasteiger charge is 2.31. The van der Waals surface area contributed by atoms with E-state index >= 15 is 0 Å². The van der Waals surface area contributed by atoms with Gasteiger partial charge in [-0.1, -0.05) is 13.8 Å². The van der Waals surface area contributed by atoms with Crippen molar-refractivity contribution < 1.29 is 22.3 Å². The third-order valence-electron chi connectivity index (χ3n) is 3.56. The van der Waals surface area contributed by atoms with Gasteiger partial charge in [-0.2, -0.15) is 13.2 Å². The van der Waals surface area contributed by atoms with Crippen molar-refractivity contribution in [3.05, 3.63) is 41.9 Å². The Labute approximate surface area is 152 Å². The zero-order chi connectivity index (χ0) is 19.6. The van der Waals surface area contributed by atoms with E-state index in [9.17, 15) is 13.2 Å². The van der Waals surface area contributed by atoms with Crippen molar-refractivity contribution >= 4 is 12.3 Å². The third kappa shape index (κ3) is 4.33. The summed E-state index contributed by atoms with van der Waals surface area (Å²) in [6, 6.07) is 3.33. The summed E-state index contributed by atoms with van der Waals surface area (Å²) >= 11 is 0. The van der Waals surface area contributed by atoms with Gasteiger partial charge in [0, 0.05) is 23.8 Å². The maximum atomic E-state index is 13.0. The summed E-state index contributed by atoms with van der Waals surface area (Å²) in [5.74, 6) is 1.09. The summed E-state index contributed by atoms with van der Waals surface area (Å²) < 4.78 is 50.8. The predicted molar refractivity (Wildman–Crippen MR) is 90.6 cm³/mol. The number of benzene rings is 1. The lowest BCUT2D eigenvalue weighted by Crippen LogP contribution is -2.05. The molecule has 0 fully saturated rings. The van der Waals surface area contributed by atoms with E-state index in [2.05, 4.69) is 20.3 Å². The summed E-state index contributed by atoms with van der Waals surface area (Å²) in [5, 5.41) is 11.9. The summed E-state index contributed by atoms with van der Waals surface area (Å²) in [6.07, 6.45) is -0.0981. The first kappa shape index (κ1) is 18.6. The Morgan fingerprint density at radius 2 is 1.96 bits per heavy atom. The molecular weight excluding hydrogens is 363 g/mol. The monoisotopic (exact) mass is 379 g/mol. The van der Waals surface area contributed by atoms with E-state index in [1.165, 1.54) is 36.5 Å². The molecule has 27 heavy (non-hydrogen) atoms. The molecule has 0 aliphatic heterocycles. The molecular formula is C17H16F3N5O2. The van der Waals surface area contributed by atoms with Gasteiger partial charge in [-0.25, -0.2) is 9.67 Å². The molecule has 1 aromatic carbocycles. The summed E-state index contributed by atoms with van der Waals surface area (Å²) in [4.78, 5) is 4.04. The van der Waals surface area contributed by atoms with Crippen LogP contribution >= 0.6 is 0 Å². The van der Waals surface area contributed by atoms with Gasteiger partial charge in [0.05, 0.1) is 12.7 Å². The zero-order valence-corrected chi connectivity index (χ0v) is 14.7. The maximum Gasteiger partial charge on any atom is 0.416 e. The average molecular weight is 379 g/mol. The molecule has 3 aromatic rings. The third-order valence-corrected chi connectivity index (χ3v) is 3.56. The fraction of sp³-hybridized carbons (Fsp3) is 0.294. The number of hydrogen-bond donors (Lipinski definition) is 0. The smallest absolute Gasteiger partial charge is 0.416 e. The van der Waals surface area contributed by atoms with E-state index in [0.29, 0.717) is 5.89 Å². The van der Waals surface area contributed by atoms with Gasteiger partial charge in [0.2, 0.25) is 11.8 Å². The van der Waals surface area contributed by atoms with Crippen LogP contribution in [-0.2, 0) is 6.18 Å². The fourth-order valence-electron chi connectivity index (χ4n) is 2.18. The van der Waals surface area contributed by atoms with E-state index in [-0.39, 0.29) is 28.9 Å². The van der Waals surface area contributed by atoms with Crippen molar-refractivity contribution in [2.45, 2.75) is 25.9 Å². The summed E-state index contributed by atoms with van der Waals surface area (Å²) in [6.45, 7) is 3.85. The van der Waals surface area contributed by atoms with E-state index in [1.807, 2.05) is 13.8 Å². The number of nitrogens with zero attached hydrogens (tertiary/aromatic N) is 5. The quantitative estimate of drug-likeness (QED) is 0.664. The van der Waals surface area contributed by atoms with Crippen LogP contribution in [0.5, 0.6) is 5.75 Å². The zero-order valence-electron chi connectivity index (χ0n) is 14.7. The first-order chi connectivity index (χ1) is 12.8. The number of rotatable bonds is 5. The Balaban J connectivity index is 1.86. The van der Waals surface area contributed by atoms with Gasteiger partial charge in [0.15, 0.2) is 5.82 Å². The van der Waals surface area contributed by atoms with Crippen LogP contribution in [0.2, 0.25) is 0 Å². The molecule has 2 heterocycles. The standard InChI is InChI=1S/C17H16F3N5O2/c1-10(2)16-23-22-14(27-16)4-5-25-9-21-15(24-25)11-6-12(17(18,19)20)8-13(7-11)26-3/h4-10H,1-3H3. The molecule has 0 amide bonds. The lowest BCUT2D eigenvalue weighted by atomic mass is 10.1. The van der Waals surface area contributed by atoms with Crippen LogP contribution in [0.1, 0.15) is 37.1 Å². The van der Waals surface area contributed by atoms with Gasteiger partial charge in [-0.05, 0) is 18.2 Å². The second-order valence-electron chi connectivity index (χ2n) is 5.95. The lowest BCUT2D eigenvalue weighted by Gasteiger charge is -2.10. The maximum absolute atomic E-state index is 13.0. The summed E-state index contributed by atoms with van der Waals surface area (Å²) in [5.41, 5.74) is -0.649. The van der Waals surface area contributed by atoms with Crippen molar-refractivity contribution in [2.24, 2.45) is 0 Å². The Morgan fingerprint density at radius 3 is 2.59 bits per heavy atom. The Kier molecular flexibility index (Phi) is 4.98. The molecule has 0 aliphatic carbocycles. The molecule has 2 aromatic heterocycles. The molecule has 0 bridgehead atoms. The largest absolute Gasteiger partial charge is 0.497 e. The molecule has 0 N–H and O–H groups in total. The van der Waals surface area contributed by atoms with Crippen molar-refractivity contribution in [3.8, 4) is 17.1 Å². The van der Waals surface area contributed by atoms with Gasteiger partial charge in [0.1, 0.15) is 12.1 Å². The molecule has 0 saturated carbocycles. The number of hydrogen-bond acceptors (Lipinski definition) is 6. The average Bonchev–Trinajstić information content (AvgIpc) is 3.28. The van der Waals surface area contributed by atoms with Gasteiger partial charge < -0.3 is 9.15 Å². The Hall–Kier alpha value is -3.17. The highest BCUT2D eigenvalue weighted by molar-refractivity contribution is 5.60. The van der Waals surface area contributed by atoms with Gasteiger partial charge in [-0.3, -0.25) is 0 Å². The Bertz CT molecular complexity index is 960. The number of methoxy groups -OCH3 is 1. The molecule has 0 aliphatic rings. The minimum atomic E-state index is -4.50. The van der Waals surface area contributed by atoms with Crippen LogP contribution < -0.4 is 4.74 Å². The number of ether oxygens (including phenoxy) is 1. The number of alkyl halides is 3. The van der Waals surface area contributed by atoms with Crippen LogP contribution in [0.25, 0.3) is 23.7 Å². The normalized spacial score (nSPS) is 12.3. The molecule has 142 valence electrons. The van der Waals surface area contributed by atoms with Crippen molar-refractivity contribution in [1.82, 2.24) is 25.0 Å². The van der Waals surface area contributed by atoms with E-state index < -0.39 is 11.7 Å². The molecule has 0 unspecified atom stereocenters. The molecule has 10 heteroatoms. The van der Waals surface area contributed by atoms with Gasteiger partial charge >= 0.3 is 6.18 Å². The molecule has 0 spiro atoms. The second kappa shape index (κ2) is 7.22. The molecule has 0 saturated heterocycles. The lowest BCUT2D eigenvalue weighted by molar-refractivity contribution is -0.137. The van der Waals surface area contributed by atoms with E-state index in [4.69, 9.17) is 9.15 Å². The molecule has 0 atom stereocenters. The van der Waals surface area contributed by atoms with Gasteiger partial charge in [-0.15, -0.1) is 15.3 Å². The summed E-state index contributed by atoms with van der Waals surface area (Å²) in [7, 11) is 1.30. The highest BCUT2D eigenvalue weighted by atomic mass is 19.4. The molecule has 7 nitrogen and oxygen atoms in total. The SMILES string of the molecule is COc1cc(-c2ncn(C=Cc3nnc(C(C)C)o3)n2)cc(C(F)(F)F)c1. The van der Waals surface area contributed by atoms with Crippen LogP contribution in [0.4, 0.5) is 13.2 Å². The first-order valence-electron chi connectivity index (χ1n) is 7.95. The van der Waals surface area contributed by atoms with E-state index in [0.717, 1.165) is 12.1 Å². The van der Waals surface area contributed by atoms with Crippen LogP contribution in [0.3, 0.4) is 0 Å². The highest BCUT2D eigenvalue weighted by Crippen LogP contribution is 2.34. The van der Waals surface area contributed by atoms with Crippen molar-refractivity contribution in [2.75, 3.05) is 7.11 Å². The topological polar surface area (TPSA) is 78.9 Å². The molecule has 0 radical (unpaired) electrons. The van der Waals surface area contributed by atoms with Crippen LogP contribution in [-0.4, -0.2) is 32.1 Å². The minimum Gasteiger partial charge on any atom is -0.497 e. The number of halogens is 3. The minimum absolute atomic E-state index is 0.0683. The van der Waals surface area contributed by atoms with Crippen molar-refractivity contribution in [3.63, 3.8) is 0 Å². The van der Waals surface area contributed by atoms with Crippen molar-refractivity contribution in [1.29, 1.82) is 0 Å². The predicted octanol–water partition coefficient (Wildman–Crippen LogP) is 4.11. The second-order valence-corrected chi connectivity index (χ2v) is 5.95. The Morgan fingerprint density at radius 1 is 1.19 bits per heavy atom. The fourth-order valence-corrected chi connectivity index (χ4v) is 2.18. The van der Waals surface area contributed by atoms with E-state index in [1.54, 1.807) is 0 Å².